The van der Waals surface area contributed by atoms with Crippen molar-refractivity contribution in [1.82, 2.24) is 4.57 Å². The fourth-order valence-electron chi connectivity index (χ4n) is 2.94. The minimum atomic E-state index is -0.833. The van der Waals surface area contributed by atoms with Gasteiger partial charge >= 0.3 is 29.6 Å². The third kappa shape index (κ3) is 4.32. The van der Waals surface area contributed by atoms with Crippen LogP contribution in [-0.4, -0.2) is 15.6 Å². The Balaban J connectivity index is 0.000000479. The summed E-state index contributed by atoms with van der Waals surface area (Å²) in [5.74, 6) is -0.833. The Labute approximate surface area is 184 Å². The van der Waals surface area contributed by atoms with E-state index in [1.165, 1.54) is 0 Å². The van der Waals surface area contributed by atoms with Crippen LogP contribution in [0.15, 0.2) is 71.8 Å². The molecule has 0 saturated heterocycles. The van der Waals surface area contributed by atoms with Crippen LogP contribution in [0, 0.1) is 11.3 Å². The first-order valence-electron chi connectivity index (χ1n) is 7.91. The van der Waals surface area contributed by atoms with Gasteiger partial charge in [0, 0.05) is 17.7 Å². The van der Waals surface area contributed by atoms with E-state index >= 15 is 0 Å². The van der Waals surface area contributed by atoms with Gasteiger partial charge in [0.15, 0.2) is 0 Å². The molecule has 4 nitrogen and oxygen atoms in total. The molecule has 1 N–H and O–H groups in total. The van der Waals surface area contributed by atoms with E-state index in [1.54, 1.807) is 0 Å². The molecule has 1 heterocycles. The minimum absolute atomic E-state index is 0. The molecule has 0 spiro atoms. The van der Waals surface area contributed by atoms with Crippen molar-refractivity contribution in [3.05, 3.63) is 72.4 Å². The van der Waals surface area contributed by atoms with Gasteiger partial charge in [0.1, 0.15) is 0 Å². The van der Waals surface area contributed by atoms with Gasteiger partial charge in [0.25, 0.3) is 5.97 Å². The van der Waals surface area contributed by atoms with Crippen molar-refractivity contribution in [3.8, 4) is 11.8 Å². The molecule has 1 aromatic heterocycles. The van der Waals surface area contributed by atoms with Gasteiger partial charge in [-0.05, 0) is 29.8 Å². The van der Waals surface area contributed by atoms with Crippen LogP contribution in [0.5, 0.6) is 0 Å². The van der Waals surface area contributed by atoms with Gasteiger partial charge in [-0.2, -0.15) is 5.26 Å². The summed E-state index contributed by atoms with van der Waals surface area (Å²) in [6.07, 6.45) is 1.98. The van der Waals surface area contributed by atoms with E-state index in [4.69, 9.17) is 22.5 Å². The van der Waals surface area contributed by atoms with Gasteiger partial charge in [0.05, 0.1) is 22.8 Å². The fourth-order valence-corrected chi connectivity index (χ4v) is 3.22. The summed E-state index contributed by atoms with van der Waals surface area (Å²) in [6.45, 7) is 1.08. The number of para-hydroxylation sites is 1. The summed E-state index contributed by atoms with van der Waals surface area (Å²) in [5, 5.41) is 19.8. The predicted molar refractivity (Wildman–Crippen MR) is 104 cm³/mol. The molecule has 3 aromatic carbocycles. The smallest absolute Gasteiger partial charge is 0.778 e. The number of hydrogen-bond acceptors (Lipinski definition) is 3. The quantitative estimate of drug-likeness (QED) is 0.402. The molecule has 0 atom stereocenters. The largest absolute Gasteiger partial charge is 1.00 e. The van der Waals surface area contributed by atoms with Crippen LogP contribution in [0.2, 0.25) is 0 Å². The van der Waals surface area contributed by atoms with E-state index in [2.05, 4.69) is 16.7 Å². The van der Waals surface area contributed by atoms with Crippen molar-refractivity contribution >= 4 is 40.3 Å². The topological polar surface area (TPSA) is 66.0 Å². The zero-order valence-corrected chi connectivity index (χ0v) is 17.8. The Morgan fingerprint density at radius 3 is 2.19 bits per heavy atom. The van der Waals surface area contributed by atoms with Crippen molar-refractivity contribution in [2.45, 2.75) is 11.8 Å². The number of carboxylic acids is 1. The molecule has 6 heteroatoms. The molecule has 0 unspecified atom stereocenters. The number of nitriles is 1. The molecule has 4 aromatic rings. The number of benzene rings is 3. The maximum Gasteiger partial charge on any atom is 1.00 e. The SMILES string of the molecule is CC(=O)O.N#Cc1ccc(-n2cc([S-])c3ccccc32)c2ccccc12.[Na+]. The van der Waals surface area contributed by atoms with E-state index in [9.17, 15) is 5.26 Å². The van der Waals surface area contributed by atoms with Crippen LogP contribution in [0.1, 0.15) is 12.5 Å². The number of hydrogen-bond donors (Lipinski definition) is 1. The van der Waals surface area contributed by atoms with Crippen LogP contribution < -0.4 is 29.6 Å². The van der Waals surface area contributed by atoms with E-state index < -0.39 is 5.97 Å². The molecular formula is C21H15N2NaO2S. The summed E-state index contributed by atoms with van der Waals surface area (Å²) in [7, 11) is 0. The molecule has 0 fully saturated rings. The standard InChI is InChI=1S/C19H12N2S.C2H4O2.Na/c20-11-13-9-10-18(15-6-2-1-5-14(13)15)21-12-19(22)16-7-3-4-8-17(16)21;1-2(3)4;/h1-10,12,22H;1H3,(H,3,4);/q;;+1/p-1. The average molecular weight is 382 g/mol. The van der Waals surface area contributed by atoms with E-state index in [1.807, 2.05) is 60.8 Å². The average Bonchev–Trinajstić information content (AvgIpc) is 2.97. The number of rotatable bonds is 1. The second-order valence-corrected chi connectivity index (χ2v) is 6.13. The molecule has 0 aliphatic heterocycles. The number of aliphatic carboxylic acids is 1. The maximum atomic E-state index is 9.30. The molecule has 0 amide bonds. The zero-order valence-electron chi connectivity index (χ0n) is 15.0. The van der Waals surface area contributed by atoms with Gasteiger partial charge in [-0.1, -0.05) is 42.5 Å². The van der Waals surface area contributed by atoms with Gasteiger partial charge in [-0.25, -0.2) is 0 Å². The fraction of sp³-hybridized carbons (Fsp3) is 0.0476. The number of aromatic nitrogens is 1. The summed E-state index contributed by atoms with van der Waals surface area (Å²) < 4.78 is 2.11. The Morgan fingerprint density at radius 1 is 1.00 bits per heavy atom. The minimum Gasteiger partial charge on any atom is -0.778 e. The van der Waals surface area contributed by atoms with Crippen LogP contribution in [0.3, 0.4) is 0 Å². The first kappa shape index (κ1) is 20.9. The third-order valence-electron chi connectivity index (χ3n) is 3.96. The van der Waals surface area contributed by atoms with Crippen molar-refractivity contribution in [3.63, 3.8) is 0 Å². The number of nitrogens with zero attached hydrogens (tertiary/aromatic N) is 2. The van der Waals surface area contributed by atoms with Crippen molar-refractivity contribution in [1.29, 1.82) is 5.26 Å². The van der Waals surface area contributed by atoms with Crippen LogP contribution >= 0.6 is 0 Å². The van der Waals surface area contributed by atoms with Crippen LogP contribution in [0.25, 0.3) is 27.4 Å². The van der Waals surface area contributed by atoms with Crippen LogP contribution in [0.4, 0.5) is 0 Å². The Bertz CT molecular complexity index is 1160. The van der Waals surface area contributed by atoms with Crippen LogP contribution in [-0.2, 0) is 17.4 Å². The Kier molecular flexibility index (Phi) is 7.00. The summed E-state index contributed by atoms with van der Waals surface area (Å²) in [5.41, 5.74) is 2.82. The second-order valence-electron chi connectivity index (χ2n) is 5.69. The molecule has 27 heavy (non-hydrogen) atoms. The summed E-state index contributed by atoms with van der Waals surface area (Å²) in [6, 6.07) is 22.2. The first-order valence-corrected chi connectivity index (χ1v) is 8.32. The van der Waals surface area contributed by atoms with Crippen molar-refractivity contribution in [2.75, 3.05) is 0 Å². The molecule has 0 radical (unpaired) electrons. The normalized spacial score (nSPS) is 9.78. The molecular weight excluding hydrogens is 367 g/mol. The molecule has 0 aliphatic carbocycles. The van der Waals surface area contributed by atoms with E-state index in [-0.39, 0.29) is 29.6 Å². The Hall–Kier alpha value is -2.36. The monoisotopic (exact) mass is 382 g/mol. The van der Waals surface area contributed by atoms with Gasteiger partial charge in [-0.15, -0.1) is 4.90 Å². The molecule has 0 aliphatic rings. The van der Waals surface area contributed by atoms with Crippen molar-refractivity contribution in [2.24, 2.45) is 0 Å². The van der Waals surface area contributed by atoms with E-state index in [0.717, 1.165) is 39.2 Å². The van der Waals surface area contributed by atoms with E-state index in [0.29, 0.717) is 5.56 Å². The molecule has 0 bridgehead atoms. The predicted octanol–water partition coefficient (Wildman–Crippen LogP) is 1.66. The number of carbonyl (C=O) groups is 1. The third-order valence-corrected chi connectivity index (χ3v) is 4.28. The Morgan fingerprint density at radius 2 is 1.56 bits per heavy atom. The number of carboxylic acid groups (broad SMARTS) is 1. The first-order chi connectivity index (χ1) is 12.5. The van der Waals surface area contributed by atoms with Gasteiger partial charge < -0.3 is 22.3 Å². The summed E-state index contributed by atoms with van der Waals surface area (Å²) >= 11 is 5.47. The summed E-state index contributed by atoms with van der Waals surface area (Å²) in [4.78, 5) is 9.84. The second kappa shape index (κ2) is 9.03. The molecule has 4 rings (SSSR count). The van der Waals surface area contributed by atoms with Gasteiger partial charge in [-0.3, -0.25) is 4.79 Å². The number of fused-ring (bicyclic) bond motifs is 2. The molecule has 128 valence electrons. The molecule has 0 saturated carbocycles. The zero-order chi connectivity index (χ0) is 18.7. The maximum absolute atomic E-state index is 9.30. The van der Waals surface area contributed by atoms with Crippen molar-refractivity contribution < 1.29 is 39.5 Å². The van der Waals surface area contributed by atoms with Gasteiger partial charge in [0.2, 0.25) is 0 Å².